The van der Waals surface area contributed by atoms with Gasteiger partial charge in [0.05, 0.1) is 5.69 Å². The van der Waals surface area contributed by atoms with Crippen molar-refractivity contribution >= 4 is 28.1 Å². The summed E-state index contributed by atoms with van der Waals surface area (Å²) in [6.07, 6.45) is 5.46. The van der Waals surface area contributed by atoms with E-state index >= 15 is 0 Å². The molecule has 0 amide bonds. The molecule has 0 aliphatic heterocycles. The highest BCUT2D eigenvalue weighted by atomic mass is 32.2. The number of nitrogens with two attached hydrogens (primary N) is 1. The predicted molar refractivity (Wildman–Crippen MR) is 76.1 cm³/mol. The van der Waals surface area contributed by atoms with Crippen molar-refractivity contribution in [2.75, 3.05) is 5.75 Å². The van der Waals surface area contributed by atoms with Gasteiger partial charge in [0.25, 0.3) is 0 Å². The van der Waals surface area contributed by atoms with Gasteiger partial charge in [-0.15, -0.1) is 23.1 Å². The summed E-state index contributed by atoms with van der Waals surface area (Å²) in [6, 6.07) is 0.181. The lowest BCUT2D eigenvalue weighted by Crippen LogP contribution is -2.19. The van der Waals surface area contributed by atoms with E-state index in [1.165, 1.54) is 23.6 Å². The molecular weight excluding hydrogens is 250 g/mol. The van der Waals surface area contributed by atoms with Crippen LogP contribution in [0.5, 0.6) is 0 Å². The Hall–Kier alpha value is -0.520. The number of rotatable bonds is 6. The third-order valence-electron chi connectivity index (χ3n) is 2.58. The second-order valence-electron chi connectivity index (χ2n) is 4.30. The fourth-order valence-corrected chi connectivity index (χ4v) is 3.65. The number of aromatic nitrogens is 2. The molecule has 0 fully saturated rings. The molecule has 2 N–H and O–H groups in total. The van der Waals surface area contributed by atoms with Crippen molar-refractivity contribution in [1.29, 1.82) is 0 Å². The molecule has 3 nitrogen and oxygen atoms in total. The van der Waals surface area contributed by atoms with Crippen molar-refractivity contribution in [1.82, 2.24) is 9.38 Å². The summed E-state index contributed by atoms with van der Waals surface area (Å²) in [5, 5.41) is 3.25. The maximum atomic E-state index is 5.92. The van der Waals surface area contributed by atoms with Crippen LogP contribution in [0.25, 0.3) is 4.96 Å². The van der Waals surface area contributed by atoms with Crippen LogP contribution in [0.1, 0.15) is 32.4 Å². The summed E-state index contributed by atoms with van der Waals surface area (Å²) in [6.45, 7) is 4.27. The third-order valence-corrected chi connectivity index (χ3v) is 4.43. The smallest absolute Gasteiger partial charge is 0.194 e. The van der Waals surface area contributed by atoms with Crippen LogP contribution in [-0.4, -0.2) is 21.2 Å². The van der Waals surface area contributed by atoms with E-state index < -0.39 is 0 Å². The molecule has 1 unspecified atom stereocenters. The van der Waals surface area contributed by atoms with Crippen LogP contribution < -0.4 is 5.73 Å². The molecule has 2 aromatic heterocycles. The molecule has 0 bridgehead atoms. The van der Waals surface area contributed by atoms with Gasteiger partial charge in [-0.05, 0) is 19.1 Å². The lowest BCUT2D eigenvalue weighted by atomic mass is 10.2. The van der Waals surface area contributed by atoms with Crippen molar-refractivity contribution < 1.29 is 0 Å². The SMILES string of the molecule is CCCCSc1nc2sccn2c1CC(C)N. The number of nitrogens with zero attached hydrogens (tertiary/aromatic N) is 2. The summed E-state index contributed by atoms with van der Waals surface area (Å²) in [4.78, 5) is 5.77. The quantitative estimate of drug-likeness (QED) is 0.647. The third kappa shape index (κ3) is 3.03. The van der Waals surface area contributed by atoms with E-state index in [2.05, 4.69) is 27.9 Å². The zero-order valence-corrected chi connectivity index (χ0v) is 12.0. The molecular formula is C12H19N3S2. The highest BCUT2D eigenvalue weighted by Crippen LogP contribution is 2.27. The first-order chi connectivity index (χ1) is 8.22. The molecule has 0 aliphatic rings. The van der Waals surface area contributed by atoms with E-state index in [1.807, 2.05) is 18.7 Å². The molecule has 2 rings (SSSR count). The van der Waals surface area contributed by atoms with Crippen molar-refractivity contribution in [3.05, 3.63) is 17.3 Å². The summed E-state index contributed by atoms with van der Waals surface area (Å²) in [7, 11) is 0. The van der Waals surface area contributed by atoms with Gasteiger partial charge in [0.15, 0.2) is 4.96 Å². The minimum Gasteiger partial charge on any atom is -0.328 e. The zero-order valence-electron chi connectivity index (χ0n) is 10.3. The predicted octanol–water partition coefficient (Wildman–Crippen LogP) is 3.18. The van der Waals surface area contributed by atoms with Crippen LogP contribution in [0, 0.1) is 0 Å². The van der Waals surface area contributed by atoms with Crippen LogP contribution in [0.15, 0.2) is 16.6 Å². The number of thiazole rings is 1. The largest absolute Gasteiger partial charge is 0.328 e. The van der Waals surface area contributed by atoms with E-state index in [9.17, 15) is 0 Å². The number of fused-ring (bicyclic) bond motifs is 1. The Balaban J connectivity index is 2.22. The van der Waals surface area contributed by atoms with Crippen molar-refractivity contribution in [3.8, 4) is 0 Å². The normalized spacial score (nSPS) is 13.4. The molecule has 1 atom stereocenters. The van der Waals surface area contributed by atoms with Crippen LogP contribution in [0.2, 0.25) is 0 Å². The van der Waals surface area contributed by atoms with Crippen LogP contribution in [0.3, 0.4) is 0 Å². The summed E-state index contributed by atoms with van der Waals surface area (Å²) < 4.78 is 2.18. The molecule has 0 radical (unpaired) electrons. The average molecular weight is 269 g/mol. The molecule has 0 spiro atoms. The zero-order chi connectivity index (χ0) is 12.3. The highest BCUT2D eigenvalue weighted by molar-refractivity contribution is 7.99. The minimum absolute atomic E-state index is 0.181. The summed E-state index contributed by atoms with van der Waals surface area (Å²) in [5.41, 5.74) is 7.20. The Bertz CT molecular complexity index is 473. The van der Waals surface area contributed by atoms with E-state index in [1.54, 1.807) is 11.3 Å². The lowest BCUT2D eigenvalue weighted by molar-refractivity contribution is 0.706. The lowest BCUT2D eigenvalue weighted by Gasteiger charge is -2.06. The Morgan fingerprint density at radius 3 is 3.12 bits per heavy atom. The van der Waals surface area contributed by atoms with Crippen molar-refractivity contribution in [2.45, 2.75) is 44.2 Å². The molecule has 0 aliphatic carbocycles. The monoisotopic (exact) mass is 269 g/mol. The topological polar surface area (TPSA) is 43.3 Å². The molecule has 94 valence electrons. The highest BCUT2D eigenvalue weighted by Gasteiger charge is 2.14. The van der Waals surface area contributed by atoms with Gasteiger partial charge in [0.1, 0.15) is 5.03 Å². The molecule has 2 aromatic rings. The van der Waals surface area contributed by atoms with Gasteiger partial charge < -0.3 is 5.73 Å². The van der Waals surface area contributed by atoms with Crippen LogP contribution in [0.4, 0.5) is 0 Å². The Morgan fingerprint density at radius 1 is 1.59 bits per heavy atom. The van der Waals surface area contributed by atoms with E-state index in [0.29, 0.717) is 0 Å². The first-order valence-corrected chi connectivity index (χ1v) is 7.91. The van der Waals surface area contributed by atoms with Crippen molar-refractivity contribution in [2.24, 2.45) is 5.73 Å². The number of imidazole rings is 1. The molecule has 0 saturated carbocycles. The standard InChI is InChI=1S/C12H19N3S2/c1-3-4-6-16-11-10(8-9(2)13)15-5-7-17-12(15)14-11/h5,7,9H,3-4,6,8,13H2,1-2H3. The van der Waals surface area contributed by atoms with Crippen LogP contribution >= 0.6 is 23.1 Å². The fraction of sp³-hybridized carbons (Fsp3) is 0.583. The van der Waals surface area contributed by atoms with Gasteiger partial charge in [-0.1, -0.05) is 13.3 Å². The first-order valence-electron chi connectivity index (χ1n) is 6.05. The number of hydrogen-bond donors (Lipinski definition) is 1. The van der Waals surface area contributed by atoms with Gasteiger partial charge in [-0.2, -0.15) is 0 Å². The molecule has 5 heteroatoms. The Kier molecular flexibility index (Phi) is 4.48. The number of thioether (sulfide) groups is 1. The van der Waals surface area contributed by atoms with Gasteiger partial charge in [0, 0.05) is 24.0 Å². The first kappa shape index (κ1) is 12.9. The number of unbranched alkanes of at least 4 members (excludes halogenated alkanes) is 1. The minimum atomic E-state index is 0.181. The second-order valence-corrected chi connectivity index (χ2v) is 6.26. The molecule has 0 saturated heterocycles. The average Bonchev–Trinajstić information content (AvgIpc) is 2.82. The summed E-state index contributed by atoms with van der Waals surface area (Å²) in [5.74, 6) is 1.15. The fourth-order valence-electron chi connectivity index (χ4n) is 1.73. The summed E-state index contributed by atoms with van der Waals surface area (Å²) >= 11 is 3.55. The Morgan fingerprint density at radius 2 is 2.41 bits per heavy atom. The second kappa shape index (κ2) is 5.89. The van der Waals surface area contributed by atoms with Gasteiger partial charge in [0.2, 0.25) is 0 Å². The molecule has 0 aromatic carbocycles. The van der Waals surface area contributed by atoms with E-state index in [-0.39, 0.29) is 6.04 Å². The van der Waals surface area contributed by atoms with Gasteiger partial charge in [-0.25, -0.2) is 4.98 Å². The van der Waals surface area contributed by atoms with Gasteiger partial charge >= 0.3 is 0 Å². The Labute approximate surface area is 110 Å². The number of hydrogen-bond acceptors (Lipinski definition) is 4. The molecule has 17 heavy (non-hydrogen) atoms. The van der Waals surface area contributed by atoms with E-state index in [0.717, 1.165) is 17.1 Å². The maximum Gasteiger partial charge on any atom is 0.194 e. The van der Waals surface area contributed by atoms with E-state index in [4.69, 9.17) is 5.73 Å². The molecule has 2 heterocycles. The van der Waals surface area contributed by atoms with Gasteiger partial charge in [-0.3, -0.25) is 4.40 Å². The van der Waals surface area contributed by atoms with Crippen LogP contribution in [-0.2, 0) is 6.42 Å². The van der Waals surface area contributed by atoms with Crippen molar-refractivity contribution in [3.63, 3.8) is 0 Å². The maximum absolute atomic E-state index is 5.92.